The van der Waals surface area contributed by atoms with Gasteiger partial charge in [-0.15, -0.1) is 6.58 Å². The van der Waals surface area contributed by atoms with Crippen LogP contribution in [0.5, 0.6) is 0 Å². The first kappa shape index (κ1) is 16.8. The lowest BCUT2D eigenvalue weighted by molar-refractivity contribution is -0.120. The van der Waals surface area contributed by atoms with Crippen LogP contribution in [0.1, 0.15) is 40.5 Å². The van der Waals surface area contributed by atoms with Gasteiger partial charge in [0.1, 0.15) is 6.10 Å². The number of allylic oxidation sites excluding steroid dienone is 2. The maximum absolute atomic E-state index is 11.6. The SMILES string of the molecule is C=C[C@](C)(O)CC/C=C(\C)[C@@H](O)C(=O)C=C(C)C. The molecule has 3 nitrogen and oxygen atoms in total. The zero-order chi connectivity index (χ0) is 14.3. The van der Waals surface area contributed by atoms with E-state index in [9.17, 15) is 15.0 Å². The van der Waals surface area contributed by atoms with Gasteiger partial charge in [-0.05, 0) is 52.2 Å². The molecule has 0 bridgehead atoms. The first-order valence-corrected chi connectivity index (χ1v) is 6.09. The van der Waals surface area contributed by atoms with Gasteiger partial charge in [-0.2, -0.15) is 0 Å². The zero-order valence-electron chi connectivity index (χ0n) is 11.7. The predicted molar refractivity (Wildman–Crippen MR) is 74.3 cm³/mol. The maximum Gasteiger partial charge on any atom is 0.188 e. The Labute approximate surface area is 110 Å². The molecule has 0 amide bonds. The summed E-state index contributed by atoms with van der Waals surface area (Å²) in [4.78, 5) is 11.6. The van der Waals surface area contributed by atoms with E-state index in [1.807, 2.05) is 13.8 Å². The molecule has 0 rings (SSSR count). The second-order valence-electron chi connectivity index (χ2n) is 5.07. The monoisotopic (exact) mass is 252 g/mol. The topological polar surface area (TPSA) is 57.5 Å². The first-order chi connectivity index (χ1) is 8.19. The van der Waals surface area contributed by atoms with Crippen molar-refractivity contribution in [3.05, 3.63) is 36.0 Å². The van der Waals surface area contributed by atoms with E-state index >= 15 is 0 Å². The Balaban J connectivity index is 4.47. The molecular formula is C15H24O3. The second kappa shape index (κ2) is 7.29. The largest absolute Gasteiger partial charge is 0.386 e. The third kappa shape index (κ3) is 6.52. The van der Waals surface area contributed by atoms with Gasteiger partial charge in [0.25, 0.3) is 0 Å². The molecule has 0 aliphatic rings. The summed E-state index contributed by atoms with van der Waals surface area (Å²) in [5.41, 5.74) is 0.560. The highest BCUT2D eigenvalue weighted by molar-refractivity contribution is 5.95. The Hall–Kier alpha value is -1.19. The number of ketones is 1. The summed E-state index contributed by atoms with van der Waals surface area (Å²) < 4.78 is 0. The van der Waals surface area contributed by atoms with Crippen LogP contribution in [0.2, 0.25) is 0 Å². The molecule has 0 saturated heterocycles. The van der Waals surface area contributed by atoms with Gasteiger partial charge >= 0.3 is 0 Å². The first-order valence-electron chi connectivity index (χ1n) is 6.09. The van der Waals surface area contributed by atoms with Crippen molar-refractivity contribution in [3.8, 4) is 0 Å². The lowest BCUT2D eigenvalue weighted by Gasteiger charge is -2.17. The van der Waals surface area contributed by atoms with Crippen LogP contribution in [0.3, 0.4) is 0 Å². The van der Waals surface area contributed by atoms with Gasteiger partial charge in [0.15, 0.2) is 5.78 Å². The van der Waals surface area contributed by atoms with Crippen LogP contribution in [-0.2, 0) is 4.79 Å². The van der Waals surface area contributed by atoms with Gasteiger partial charge < -0.3 is 10.2 Å². The summed E-state index contributed by atoms with van der Waals surface area (Å²) in [5, 5.41) is 19.5. The number of carbonyl (C=O) groups excluding carboxylic acids is 1. The molecule has 0 aliphatic heterocycles. The Morgan fingerprint density at radius 2 is 1.94 bits per heavy atom. The van der Waals surface area contributed by atoms with Crippen LogP contribution >= 0.6 is 0 Å². The fourth-order valence-corrected chi connectivity index (χ4v) is 1.39. The van der Waals surface area contributed by atoms with Crippen molar-refractivity contribution >= 4 is 5.78 Å². The lowest BCUT2D eigenvalue weighted by atomic mass is 9.98. The smallest absolute Gasteiger partial charge is 0.188 e. The van der Waals surface area contributed by atoms with Crippen LogP contribution < -0.4 is 0 Å². The molecule has 0 aromatic heterocycles. The molecule has 0 fully saturated rings. The molecule has 0 radical (unpaired) electrons. The minimum Gasteiger partial charge on any atom is -0.386 e. The van der Waals surface area contributed by atoms with E-state index in [0.29, 0.717) is 18.4 Å². The van der Waals surface area contributed by atoms with E-state index in [1.54, 1.807) is 19.9 Å². The summed E-state index contributed by atoms with van der Waals surface area (Å²) in [6.07, 6.45) is 4.71. The molecule has 0 aliphatic carbocycles. The summed E-state index contributed by atoms with van der Waals surface area (Å²) in [5.74, 6) is -0.306. The Morgan fingerprint density at radius 1 is 1.39 bits per heavy atom. The van der Waals surface area contributed by atoms with Crippen molar-refractivity contribution in [2.24, 2.45) is 0 Å². The van der Waals surface area contributed by atoms with Crippen LogP contribution in [0.4, 0.5) is 0 Å². The van der Waals surface area contributed by atoms with E-state index in [-0.39, 0.29) is 5.78 Å². The standard InChI is InChI=1S/C15H24O3/c1-6-15(5,18)9-7-8-12(4)14(17)13(16)10-11(2)3/h6,8,10,14,17-18H,1,7,9H2,2-5H3/b12-8+/t14-,15+/m1/s1. The fourth-order valence-electron chi connectivity index (χ4n) is 1.39. The quantitative estimate of drug-likeness (QED) is 0.541. The Kier molecular flexibility index (Phi) is 6.81. The Bertz CT molecular complexity index is 358. The molecule has 2 atom stereocenters. The number of hydrogen-bond acceptors (Lipinski definition) is 3. The summed E-state index contributed by atoms with van der Waals surface area (Å²) in [7, 11) is 0. The molecular weight excluding hydrogens is 228 g/mol. The molecule has 0 spiro atoms. The number of hydrogen-bond donors (Lipinski definition) is 2. The van der Waals surface area contributed by atoms with Crippen molar-refractivity contribution < 1.29 is 15.0 Å². The molecule has 18 heavy (non-hydrogen) atoms. The summed E-state index contributed by atoms with van der Waals surface area (Å²) in [6, 6.07) is 0. The molecule has 0 saturated carbocycles. The van der Waals surface area contributed by atoms with Crippen LogP contribution in [0.25, 0.3) is 0 Å². The van der Waals surface area contributed by atoms with Gasteiger partial charge in [-0.25, -0.2) is 0 Å². The third-order valence-corrected chi connectivity index (χ3v) is 2.69. The third-order valence-electron chi connectivity index (χ3n) is 2.69. The van der Waals surface area contributed by atoms with E-state index in [4.69, 9.17) is 0 Å². The van der Waals surface area contributed by atoms with Crippen LogP contribution in [0.15, 0.2) is 36.0 Å². The van der Waals surface area contributed by atoms with Crippen molar-refractivity contribution in [2.75, 3.05) is 0 Å². The highest BCUT2D eigenvalue weighted by atomic mass is 16.3. The Morgan fingerprint density at radius 3 is 2.39 bits per heavy atom. The average Bonchev–Trinajstić information content (AvgIpc) is 2.26. The van der Waals surface area contributed by atoms with E-state index in [0.717, 1.165) is 5.57 Å². The molecule has 2 N–H and O–H groups in total. The predicted octanol–water partition coefficient (Wildman–Crippen LogP) is 2.55. The molecule has 3 heteroatoms. The summed E-state index contributed by atoms with van der Waals surface area (Å²) in [6.45, 7) is 10.6. The van der Waals surface area contributed by atoms with Crippen molar-refractivity contribution in [1.29, 1.82) is 0 Å². The lowest BCUT2D eigenvalue weighted by Crippen LogP contribution is -2.21. The minimum atomic E-state index is -1.09. The average molecular weight is 252 g/mol. The van der Waals surface area contributed by atoms with E-state index < -0.39 is 11.7 Å². The minimum absolute atomic E-state index is 0.306. The maximum atomic E-state index is 11.6. The highest BCUT2D eigenvalue weighted by Crippen LogP contribution is 2.15. The fraction of sp³-hybridized carbons (Fsp3) is 0.533. The van der Waals surface area contributed by atoms with Crippen molar-refractivity contribution in [3.63, 3.8) is 0 Å². The van der Waals surface area contributed by atoms with E-state index in [2.05, 4.69) is 6.58 Å². The number of aliphatic hydroxyl groups excluding tert-OH is 1. The van der Waals surface area contributed by atoms with Crippen molar-refractivity contribution in [1.82, 2.24) is 0 Å². The number of aliphatic hydroxyl groups is 2. The van der Waals surface area contributed by atoms with Gasteiger partial charge in [-0.3, -0.25) is 4.79 Å². The van der Waals surface area contributed by atoms with Gasteiger partial charge in [0.2, 0.25) is 0 Å². The van der Waals surface area contributed by atoms with Crippen LogP contribution in [0, 0.1) is 0 Å². The second-order valence-corrected chi connectivity index (χ2v) is 5.07. The highest BCUT2D eigenvalue weighted by Gasteiger charge is 2.16. The molecule has 102 valence electrons. The molecule has 0 aromatic rings. The normalized spacial score (nSPS) is 16.7. The number of rotatable bonds is 7. The summed E-state index contributed by atoms with van der Waals surface area (Å²) >= 11 is 0. The number of carbonyl (C=O) groups is 1. The van der Waals surface area contributed by atoms with Gasteiger partial charge in [0.05, 0.1) is 5.60 Å². The molecule has 0 heterocycles. The molecule has 0 unspecified atom stereocenters. The zero-order valence-corrected chi connectivity index (χ0v) is 11.7. The van der Waals surface area contributed by atoms with Crippen molar-refractivity contribution in [2.45, 2.75) is 52.2 Å². The molecule has 0 aromatic carbocycles. The van der Waals surface area contributed by atoms with Crippen LogP contribution in [-0.4, -0.2) is 27.7 Å². The van der Waals surface area contributed by atoms with E-state index in [1.165, 1.54) is 12.2 Å². The van der Waals surface area contributed by atoms with Gasteiger partial charge in [-0.1, -0.05) is 17.7 Å². The van der Waals surface area contributed by atoms with Gasteiger partial charge in [0, 0.05) is 0 Å².